The molecule has 1 unspecified atom stereocenters. The van der Waals surface area contributed by atoms with E-state index in [4.69, 9.17) is 5.73 Å². The summed E-state index contributed by atoms with van der Waals surface area (Å²) in [6.45, 7) is 11.0. The fraction of sp³-hybridized carbons (Fsp3) is 0.700. The minimum atomic E-state index is 0.454. The monoisotopic (exact) mass is 317 g/mol. The van der Waals surface area contributed by atoms with Gasteiger partial charge in [-0.25, -0.2) is 0 Å². The number of nitrogens with two attached hydrogens (primary N) is 1. The van der Waals surface area contributed by atoms with Gasteiger partial charge in [0.15, 0.2) is 0 Å². The van der Waals surface area contributed by atoms with E-state index in [1.807, 2.05) is 0 Å². The average molecular weight is 318 g/mol. The summed E-state index contributed by atoms with van der Waals surface area (Å²) in [5, 5.41) is 3.73. The van der Waals surface area contributed by atoms with Crippen molar-refractivity contribution in [1.82, 2.24) is 10.2 Å². The number of hydrogen-bond donors (Lipinski definition) is 2. The first-order chi connectivity index (χ1) is 11.1. The molecule has 130 valence electrons. The molecule has 1 aliphatic heterocycles. The van der Waals surface area contributed by atoms with Crippen molar-refractivity contribution in [2.75, 3.05) is 33.2 Å². The number of benzene rings is 1. The molecule has 3 heteroatoms. The number of nitrogens with zero attached hydrogens (tertiary/aromatic N) is 1. The van der Waals surface area contributed by atoms with E-state index in [2.05, 4.69) is 50.2 Å². The smallest absolute Gasteiger partial charge is 0.0320 e. The van der Waals surface area contributed by atoms with Crippen molar-refractivity contribution in [3.05, 3.63) is 34.4 Å². The molecular weight excluding hydrogens is 282 g/mol. The van der Waals surface area contributed by atoms with Crippen LogP contribution < -0.4 is 11.1 Å². The fourth-order valence-corrected chi connectivity index (χ4v) is 3.69. The van der Waals surface area contributed by atoms with Crippen LogP contribution in [0.15, 0.2) is 12.1 Å². The number of piperidine rings is 1. The average Bonchev–Trinajstić information content (AvgIpc) is 2.55. The third-order valence-electron chi connectivity index (χ3n) is 5.41. The van der Waals surface area contributed by atoms with Crippen LogP contribution in [0.4, 0.5) is 0 Å². The van der Waals surface area contributed by atoms with Crippen LogP contribution in [0.5, 0.6) is 0 Å². The highest BCUT2D eigenvalue weighted by Crippen LogP contribution is 2.35. The van der Waals surface area contributed by atoms with E-state index >= 15 is 0 Å². The van der Waals surface area contributed by atoms with Gasteiger partial charge in [0.05, 0.1) is 0 Å². The lowest BCUT2D eigenvalue weighted by atomic mass is 9.82. The van der Waals surface area contributed by atoms with Crippen LogP contribution >= 0.6 is 0 Å². The highest BCUT2D eigenvalue weighted by molar-refractivity contribution is 5.41. The zero-order valence-electron chi connectivity index (χ0n) is 15.5. The van der Waals surface area contributed by atoms with Crippen LogP contribution in [0, 0.1) is 13.8 Å². The third kappa shape index (κ3) is 4.79. The number of nitrogens with one attached hydrogen (secondary N) is 1. The van der Waals surface area contributed by atoms with E-state index < -0.39 is 0 Å². The van der Waals surface area contributed by atoms with E-state index in [1.54, 1.807) is 5.56 Å². The molecule has 0 amide bonds. The Morgan fingerprint density at radius 1 is 1.22 bits per heavy atom. The lowest BCUT2D eigenvalue weighted by Gasteiger charge is -2.32. The molecule has 0 spiro atoms. The second-order valence-corrected chi connectivity index (χ2v) is 7.20. The van der Waals surface area contributed by atoms with Crippen LogP contribution in [-0.2, 0) is 0 Å². The summed E-state index contributed by atoms with van der Waals surface area (Å²) in [6.07, 6.45) is 4.74. The molecule has 0 radical (unpaired) electrons. The minimum absolute atomic E-state index is 0.454. The Balaban J connectivity index is 2.26. The van der Waals surface area contributed by atoms with Gasteiger partial charge in [-0.2, -0.15) is 0 Å². The first kappa shape index (κ1) is 18.4. The maximum Gasteiger partial charge on any atom is 0.0320 e. The quantitative estimate of drug-likeness (QED) is 0.756. The molecule has 1 saturated heterocycles. The topological polar surface area (TPSA) is 41.3 Å². The van der Waals surface area contributed by atoms with Crippen LogP contribution in [0.3, 0.4) is 0 Å². The Morgan fingerprint density at radius 2 is 1.87 bits per heavy atom. The normalized spacial score (nSPS) is 18.3. The predicted molar refractivity (Wildman–Crippen MR) is 100 cm³/mol. The zero-order chi connectivity index (χ0) is 16.8. The molecule has 23 heavy (non-hydrogen) atoms. The molecule has 1 fully saturated rings. The summed E-state index contributed by atoms with van der Waals surface area (Å²) in [4.78, 5) is 2.45. The summed E-state index contributed by atoms with van der Waals surface area (Å²) >= 11 is 0. The molecule has 3 nitrogen and oxygen atoms in total. The van der Waals surface area contributed by atoms with Gasteiger partial charge in [-0.15, -0.1) is 0 Å². The summed E-state index contributed by atoms with van der Waals surface area (Å²) in [5.74, 6) is 0.714. The van der Waals surface area contributed by atoms with Crippen LogP contribution in [0.1, 0.15) is 66.8 Å². The molecule has 2 rings (SSSR count). The van der Waals surface area contributed by atoms with Gasteiger partial charge in [0, 0.05) is 6.04 Å². The van der Waals surface area contributed by atoms with Crippen LogP contribution in [0.25, 0.3) is 0 Å². The molecule has 1 aliphatic rings. The van der Waals surface area contributed by atoms with Gasteiger partial charge in [-0.05, 0) is 101 Å². The van der Waals surface area contributed by atoms with Gasteiger partial charge in [0.25, 0.3) is 0 Å². The van der Waals surface area contributed by atoms with Gasteiger partial charge in [0.2, 0.25) is 0 Å². The standard InChI is InChI=1S/C20H35N3/c1-5-20(22-10-6-9-21)19-14-16(3)15(2)13-18(19)17-7-11-23(4)12-8-17/h13-14,17,20,22H,5-12,21H2,1-4H3. The first-order valence-electron chi connectivity index (χ1n) is 9.29. The molecule has 1 atom stereocenters. The second-order valence-electron chi connectivity index (χ2n) is 7.20. The third-order valence-corrected chi connectivity index (χ3v) is 5.41. The number of hydrogen-bond acceptors (Lipinski definition) is 3. The predicted octanol–water partition coefficient (Wildman–Crippen LogP) is 3.50. The molecule has 0 aliphatic carbocycles. The molecule has 1 aromatic rings. The first-order valence-corrected chi connectivity index (χ1v) is 9.29. The highest BCUT2D eigenvalue weighted by Gasteiger charge is 2.24. The summed E-state index contributed by atoms with van der Waals surface area (Å²) in [5.41, 5.74) is 11.6. The lowest BCUT2D eigenvalue weighted by Crippen LogP contribution is -2.31. The molecule has 1 heterocycles. The molecule has 1 aromatic carbocycles. The van der Waals surface area contributed by atoms with Gasteiger partial charge >= 0.3 is 0 Å². The van der Waals surface area contributed by atoms with Gasteiger partial charge < -0.3 is 16.0 Å². The van der Waals surface area contributed by atoms with Gasteiger partial charge in [0.1, 0.15) is 0 Å². The molecule has 0 aromatic heterocycles. The minimum Gasteiger partial charge on any atom is -0.330 e. The SMILES string of the molecule is CCC(NCCCN)c1cc(C)c(C)cc1C1CCN(C)CC1. The summed E-state index contributed by atoms with van der Waals surface area (Å²) in [7, 11) is 2.24. The van der Waals surface area contributed by atoms with Crippen molar-refractivity contribution in [2.45, 2.75) is 58.4 Å². The maximum absolute atomic E-state index is 5.65. The number of rotatable bonds is 7. The molecule has 0 saturated carbocycles. The van der Waals surface area contributed by atoms with E-state index in [0.717, 1.165) is 25.9 Å². The Kier molecular flexibility index (Phi) is 7.07. The van der Waals surface area contributed by atoms with Crippen molar-refractivity contribution >= 4 is 0 Å². The maximum atomic E-state index is 5.65. The van der Waals surface area contributed by atoms with E-state index in [9.17, 15) is 0 Å². The van der Waals surface area contributed by atoms with Crippen molar-refractivity contribution in [1.29, 1.82) is 0 Å². The van der Waals surface area contributed by atoms with Crippen molar-refractivity contribution in [3.8, 4) is 0 Å². The Labute approximate surface area is 142 Å². The second kappa shape index (κ2) is 8.81. The van der Waals surface area contributed by atoms with Crippen LogP contribution in [-0.4, -0.2) is 38.1 Å². The van der Waals surface area contributed by atoms with Crippen LogP contribution in [0.2, 0.25) is 0 Å². The van der Waals surface area contributed by atoms with E-state index in [0.29, 0.717) is 12.0 Å². The Morgan fingerprint density at radius 3 is 2.48 bits per heavy atom. The lowest BCUT2D eigenvalue weighted by molar-refractivity contribution is 0.254. The van der Waals surface area contributed by atoms with Crippen molar-refractivity contribution in [3.63, 3.8) is 0 Å². The number of aryl methyl sites for hydroxylation is 2. The molecule has 0 bridgehead atoms. The highest BCUT2D eigenvalue weighted by atomic mass is 15.1. The summed E-state index contributed by atoms with van der Waals surface area (Å²) in [6, 6.07) is 5.36. The zero-order valence-corrected chi connectivity index (χ0v) is 15.5. The Bertz CT molecular complexity index is 490. The van der Waals surface area contributed by atoms with E-state index in [1.165, 1.54) is 42.6 Å². The summed E-state index contributed by atoms with van der Waals surface area (Å²) < 4.78 is 0. The fourth-order valence-electron chi connectivity index (χ4n) is 3.69. The van der Waals surface area contributed by atoms with Crippen molar-refractivity contribution in [2.24, 2.45) is 5.73 Å². The van der Waals surface area contributed by atoms with E-state index in [-0.39, 0.29) is 0 Å². The molecular formula is C20H35N3. The molecule has 3 N–H and O–H groups in total. The number of likely N-dealkylation sites (tertiary alicyclic amines) is 1. The largest absolute Gasteiger partial charge is 0.330 e. The van der Waals surface area contributed by atoms with Crippen molar-refractivity contribution < 1.29 is 0 Å². The van der Waals surface area contributed by atoms with Gasteiger partial charge in [-0.1, -0.05) is 19.1 Å². The van der Waals surface area contributed by atoms with Gasteiger partial charge in [-0.3, -0.25) is 0 Å². The Hall–Kier alpha value is -0.900.